The van der Waals surface area contributed by atoms with Crippen molar-refractivity contribution in [2.45, 2.75) is 30.5 Å². The Morgan fingerprint density at radius 1 is 0.852 bits per heavy atom. The van der Waals surface area contributed by atoms with Crippen LogP contribution in [0.15, 0.2) is 42.5 Å². The van der Waals surface area contributed by atoms with Crippen molar-refractivity contribution in [1.29, 1.82) is 0 Å². The molecule has 1 aliphatic rings. The number of ether oxygens (including phenoxy) is 1. The van der Waals surface area contributed by atoms with Gasteiger partial charge in [0.05, 0.1) is 6.61 Å². The maximum absolute atomic E-state index is 10.3. The molecule has 27 heavy (non-hydrogen) atoms. The van der Waals surface area contributed by atoms with E-state index >= 15 is 0 Å². The van der Waals surface area contributed by atoms with Gasteiger partial charge in [-0.05, 0) is 41.0 Å². The number of rotatable bonds is 4. The van der Waals surface area contributed by atoms with Crippen molar-refractivity contribution in [2.75, 3.05) is 6.61 Å². The van der Waals surface area contributed by atoms with Crippen LogP contribution in [-0.2, 0) is 4.74 Å². The summed E-state index contributed by atoms with van der Waals surface area (Å²) in [6, 6.07) is 12.4. The molecule has 0 saturated carbocycles. The van der Waals surface area contributed by atoms with Crippen LogP contribution in [0, 0.1) is 0 Å². The minimum atomic E-state index is -1.41. The molecule has 7 heteroatoms. The van der Waals surface area contributed by atoms with Crippen molar-refractivity contribution in [3.8, 4) is 0 Å². The average Bonchev–Trinajstić information content (AvgIpc) is 2.64. The Morgan fingerprint density at radius 2 is 1.52 bits per heavy atom. The van der Waals surface area contributed by atoms with E-state index in [0.717, 1.165) is 11.1 Å². The summed E-state index contributed by atoms with van der Waals surface area (Å²) in [7, 11) is 0. The third-order valence-corrected chi connectivity index (χ3v) is 4.92. The number of aliphatic hydroxyl groups is 4. The summed E-state index contributed by atoms with van der Waals surface area (Å²) in [5.41, 5.74) is 2.30. The predicted octanol–water partition coefficient (Wildman–Crippen LogP) is 2.68. The molecule has 2 aromatic carbocycles. The van der Waals surface area contributed by atoms with Gasteiger partial charge in [0.2, 0.25) is 0 Å². The molecule has 1 fully saturated rings. The lowest BCUT2D eigenvalue weighted by Gasteiger charge is -2.40. The van der Waals surface area contributed by atoms with Crippen LogP contribution < -0.4 is 0 Å². The van der Waals surface area contributed by atoms with Gasteiger partial charge in [-0.15, -0.1) is 0 Å². The Kier molecular flexibility index (Phi) is 6.55. The maximum Gasteiger partial charge on any atom is 0.113 e. The van der Waals surface area contributed by atoms with E-state index in [-0.39, 0.29) is 0 Å². The molecule has 4 N–H and O–H groups in total. The Bertz CT molecular complexity index is 804. The summed E-state index contributed by atoms with van der Waals surface area (Å²) in [5.74, 6) is 0. The largest absolute Gasteiger partial charge is 0.394 e. The molecular weight excluding hydrogens is 391 g/mol. The van der Waals surface area contributed by atoms with Crippen LogP contribution in [0.4, 0.5) is 0 Å². The highest BCUT2D eigenvalue weighted by Crippen LogP contribution is 2.33. The van der Waals surface area contributed by atoms with E-state index in [1.807, 2.05) is 18.2 Å². The van der Waals surface area contributed by atoms with Gasteiger partial charge >= 0.3 is 0 Å². The van der Waals surface area contributed by atoms with Gasteiger partial charge in [-0.2, -0.15) is 0 Å². The molecule has 0 aromatic heterocycles. The van der Waals surface area contributed by atoms with E-state index < -0.39 is 37.1 Å². The summed E-state index contributed by atoms with van der Waals surface area (Å²) in [6.07, 6.45) is -2.20. The zero-order valence-corrected chi connectivity index (χ0v) is 15.8. The molecule has 3 rings (SSSR count). The van der Waals surface area contributed by atoms with Crippen LogP contribution in [0.2, 0.25) is 10.0 Å². The Morgan fingerprint density at radius 3 is 2.19 bits per heavy atom. The molecule has 1 saturated heterocycles. The van der Waals surface area contributed by atoms with Crippen LogP contribution in [0.3, 0.4) is 0 Å². The molecule has 2 aromatic rings. The molecule has 5 nitrogen and oxygen atoms in total. The Labute approximate surface area is 167 Å². The van der Waals surface area contributed by atoms with Crippen molar-refractivity contribution in [3.63, 3.8) is 0 Å². The molecule has 0 radical (unpaired) electrons. The first-order valence-electron chi connectivity index (χ1n) is 8.43. The lowest BCUT2D eigenvalue weighted by atomic mass is 9.90. The second-order valence-corrected chi connectivity index (χ2v) is 7.33. The summed E-state index contributed by atoms with van der Waals surface area (Å²) >= 11 is 12.0. The van der Waals surface area contributed by atoms with Crippen molar-refractivity contribution in [3.05, 3.63) is 69.2 Å². The summed E-state index contributed by atoms with van der Waals surface area (Å²) in [6.45, 7) is -0.462. The van der Waals surface area contributed by atoms with Gasteiger partial charge < -0.3 is 25.2 Å². The van der Waals surface area contributed by atoms with Gasteiger partial charge in [-0.1, -0.05) is 53.6 Å². The van der Waals surface area contributed by atoms with E-state index in [0.29, 0.717) is 15.6 Å². The van der Waals surface area contributed by atoms with Gasteiger partial charge in [0.1, 0.15) is 30.5 Å². The molecule has 144 valence electrons. The smallest absolute Gasteiger partial charge is 0.113 e. The molecule has 1 heterocycles. The quantitative estimate of drug-likeness (QED) is 0.581. The fraction of sp³-hybridized carbons (Fsp3) is 0.300. The van der Waals surface area contributed by atoms with Crippen LogP contribution in [0.5, 0.6) is 0 Å². The topological polar surface area (TPSA) is 90.2 Å². The standard InChI is InChI=1S/C20H20Cl2O5/c21-14-7-12(8-15(22)9-14)5-4-11-2-1-3-13(6-11)20-19(26)18(25)17(24)16(10-23)27-20/h1-9,16-20,23-26H,10H2/t16-,17-,18+,19+,20-/m1/s1. The number of benzene rings is 2. The lowest BCUT2D eigenvalue weighted by molar-refractivity contribution is -0.231. The van der Waals surface area contributed by atoms with Gasteiger partial charge in [0, 0.05) is 10.0 Å². The molecular formula is C20H20Cl2O5. The van der Waals surface area contributed by atoms with Gasteiger partial charge in [0.15, 0.2) is 0 Å². The first-order valence-corrected chi connectivity index (χ1v) is 9.19. The third kappa shape index (κ3) is 4.70. The molecule has 0 aliphatic carbocycles. The molecule has 5 atom stereocenters. The fourth-order valence-electron chi connectivity index (χ4n) is 3.08. The van der Waals surface area contributed by atoms with E-state index in [4.69, 9.17) is 27.9 Å². The number of hydrogen-bond acceptors (Lipinski definition) is 5. The Hall–Kier alpha value is -1.44. The highest BCUT2D eigenvalue weighted by Gasteiger charge is 2.43. The predicted molar refractivity (Wildman–Crippen MR) is 105 cm³/mol. The van der Waals surface area contributed by atoms with Crippen molar-refractivity contribution in [1.82, 2.24) is 0 Å². The van der Waals surface area contributed by atoms with Gasteiger partial charge in [0.25, 0.3) is 0 Å². The SMILES string of the molecule is OC[C@H]1O[C@H](c2cccc(C=Cc3cc(Cl)cc(Cl)c3)c2)[C@@H](O)[C@@H](O)[C@@H]1O. The van der Waals surface area contributed by atoms with Crippen molar-refractivity contribution >= 4 is 35.4 Å². The molecule has 0 amide bonds. The number of hydrogen-bond donors (Lipinski definition) is 4. The summed E-state index contributed by atoms with van der Waals surface area (Å²) < 4.78 is 5.60. The van der Waals surface area contributed by atoms with Crippen LogP contribution in [-0.4, -0.2) is 51.4 Å². The molecule has 1 aliphatic heterocycles. The monoisotopic (exact) mass is 410 g/mol. The summed E-state index contributed by atoms with van der Waals surface area (Å²) in [4.78, 5) is 0. The highest BCUT2D eigenvalue weighted by atomic mass is 35.5. The second-order valence-electron chi connectivity index (χ2n) is 6.46. The number of aliphatic hydroxyl groups excluding tert-OH is 4. The van der Waals surface area contributed by atoms with E-state index in [1.165, 1.54) is 0 Å². The van der Waals surface area contributed by atoms with Gasteiger partial charge in [-0.25, -0.2) is 0 Å². The number of halogens is 2. The maximum atomic E-state index is 10.3. The fourth-order valence-corrected chi connectivity index (χ4v) is 3.62. The molecule has 0 spiro atoms. The molecule has 0 bridgehead atoms. The molecule has 0 unspecified atom stereocenters. The minimum Gasteiger partial charge on any atom is -0.394 e. The zero-order valence-electron chi connectivity index (χ0n) is 14.2. The van der Waals surface area contributed by atoms with Crippen LogP contribution in [0.25, 0.3) is 12.2 Å². The third-order valence-electron chi connectivity index (χ3n) is 4.48. The van der Waals surface area contributed by atoms with Crippen LogP contribution >= 0.6 is 23.2 Å². The van der Waals surface area contributed by atoms with E-state index in [1.54, 1.807) is 36.4 Å². The lowest BCUT2D eigenvalue weighted by Crippen LogP contribution is -2.55. The highest BCUT2D eigenvalue weighted by molar-refractivity contribution is 6.34. The van der Waals surface area contributed by atoms with E-state index in [2.05, 4.69) is 0 Å². The summed E-state index contributed by atoms with van der Waals surface area (Å²) in [5, 5.41) is 40.6. The minimum absolute atomic E-state index is 0.462. The van der Waals surface area contributed by atoms with Crippen LogP contribution in [0.1, 0.15) is 22.8 Å². The first kappa shape index (κ1) is 20.3. The normalized spacial score (nSPS) is 28.6. The van der Waals surface area contributed by atoms with Crippen molar-refractivity contribution in [2.24, 2.45) is 0 Å². The second kappa shape index (κ2) is 8.71. The Balaban J connectivity index is 1.83. The van der Waals surface area contributed by atoms with Gasteiger partial charge in [-0.3, -0.25) is 0 Å². The first-order chi connectivity index (χ1) is 12.9. The van der Waals surface area contributed by atoms with Crippen molar-refractivity contribution < 1.29 is 25.2 Å². The average molecular weight is 411 g/mol. The van der Waals surface area contributed by atoms with E-state index in [9.17, 15) is 20.4 Å². The zero-order chi connectivity index (χ0) is 19.6.